The molecule has 0 aromatic heterocycles. The van der Waals surface area contributed by atoms with E-state index < -0.39 is 11.5 Å². The number of aliphatic carboxylic acids is 1. The number of carbonyl (C=O) groups is 2. The lowest BCUT2D eigenvalue weighted by atomic mass is 9.75. The summed E-state index contributed by atoms with van der Waals surface area (Å²) in [6, 6.07) is -0.280. The largest absolute Gasteiger partial charge is 0.480 e. The minimum atomic E-state index is -1.09. The van der Waals surface area contributed by atoms with Crippen LogP contribution in [0.3, 0.4) is 0 Å². The quantitative estimate of drug-likeness (QED) is 0.706. The first-order valence-corrected chi connectivity index (χ1v) is 7.13. The van der Waals surface area contributed by atoms with Crippen LogP contribution in [0, 0.1) is 11.8 Å². The Labute approximate surface area is 114 Å². The number of rotatable bonds is 5. The van der Waals surface area contributed by atoms with E-state index in [-0.39, 0.29) is 17.9 Å². The molecule has 0 radical (unpaired) electrons. The van der Waals surface area contributed by atoms with Gasteiger partial charge >= 0.3 is 5.97 Å². The van der Waals surface area contributed by atoms with E-state index in [4.69, 9.17) is 5.73 Å². The Morgan fingerprint density at radius 1 is 1.37 bits per heavy atom. The number of amides is 1. The van der Waals surface area contributed by atoms with E-state index in [0.717, 1.165) is 19.3 Å². The van der Waals surface area contributed by atoms with E-state index in [0.29, 0.717) is 18.8 Å². The first-order chi connectivity index (χ1) is 8.82. The van der Waals surface area contributed by atoms with E-state index in [1.165, 1.54) is 0 Å². The number of nitrogens with one attached hydrogen (secondary N) is 1. The summed E-state index contributed by atoms with van der Waals surface area (Å²) in [6.07, 6.45) is 3.81. The highest BCUT2D eigenvalue weighted by Crippen LogP contribution is 2.34. The molecule has 19 heavy (non-hydrogen) atoms. The van der Waals surface area contributed by atoms with Gasteiger partial charge in [-0.25, -0.2) is 4.79 Å². The van der Waals surface area contributed by atoms with Crippen molar-refractivity contribution in [2.75, 3.05) is 0 Å². The zero-order chi connectivity index (χ0) is 14.6. The van der Waals surface area contributed by atoms with Crippen LogP contribution in [0.5, 0.6) is 0 Å². The van der Waals surface area contributed by atoms with Crippen LogP contribution < -0.4 is 11.1 Å². The van der Waals surface area contributed by atoms with Crippen LogP contribution in [0.4, 0.5) is 0 Å². The van der Waals surface area contributed by atoms with E-state index >= 15 is 0 Å². The van der Waals surface area contributed by atoms with Gasteiger partial charge in [-0.3, -0.25) is 4.79 Å². The molecule has 0 heterocycles. The molecule has 1 fully saturated rings. The van der Waals surface area contributed by atoms with Crippen LogP contribution in [-0.2, 0) is 9.59 Å². The maximum absolute atomic E-state index is 12.1. The summed E-state index contributed by atoms with van der Waals surface area (Å²) in [6.45, 7) is 5.61. The SMILES string of the molecule is CCC1CCC(NC(=O)C(C)C(C)N)(C(=O)O)CC1. The Bertz CT molecular complexity index is 334. The van der Waals surface area contributed by atoms with Crippen LogP contribution in [0.25, 0.3) is 0 Å². The second kappa shape index (κ2) is 6.37. The number of hydrogen-bond acceptors (Lipinski definition) is 3. The fraction of sp³-hybridized carbons (Fsp3) is 0.857. The van der Waals surface area contributed by atoms with Gasteiger partial charge in [0.05, 0.1) is 0 Å². The maximum atomic E-state index is 12.1. The first kappa shape index (κ1) is 16.0. The molecule has 5 heteroatoms. The van der Waals surface area contributed by atoms with Crippen molar-refractivity contribution in [2.24, 2.45) is 17.6 Å². The Balaban J connectivity index is 2.74. The van der Waals surface area contributed by atoms with Crippen LogP contribution in [0.15, 0.2) is 0 Å². The molecule has 110 valence electrons. The molecule has 0 aromatic carbocycles. The molecular weight excluding hydrogens is 244 g/mol. The van der Waals surface area contributed by atoms with Crippen molar-refractivity contribution < 1.29 is 14.7 Å². The standard InChI is InChI=1S/C14H26N2O3/c1-4-11-5-7-14(8-6-11,13(18)19)16-12(17)9(2)10(3)15/h9-11H,4-8,15H2,1-3H3,(H,16,17)(H,18,19). The second-order valence-corrected chi connectivity index (χ2v) is 5.88. The van der Waals surface area contributed by atoms with Gasteiger partial charge in [0, 0.05) is 12.0 Å². The summed E-state index contributed by atoms with van der Waals surface area (Å²) in [4.78, 5) is 23.6. The zero-order valence-electron chi connectivity index (χ0n) is 12.1. The molecule has 1 rings (SSSR count). The Hall–Kier alpha value is -1.10. The molecule has 0 bridgehead atoms. The molecule has 2 unspecified atom stereocenters. The number of carboxylic acid groups (broad SMARTS) is 1. The van der Waals surface area contributed by atoms with Gasteiger partial charge in [-0.05, 0) is 38.5 Å². The molecule has 0 saturated heterocycles. The first-order valence-electron chi connectivity index (χ1n) is 7.13. The maximum Gasteiger partial charge on any atom is 0.329 e. The molecule has 0 aliphatic heterocycles. The number of carboxylic acids is 1. The topological polar surface area (TPSA) is 92.4 Å². The molecular formula is C14H26N2O3. The number of carbonyl (C=O) groups excluding carboxylic acids is 1. The Morgan fingerprint density at radius 2 is 1.89 bits per heavy atom. The molecule has 1 aliphatic rings. The summed E-state index contributed by atoms with van der Waals surface area (Å²) in [5.74, 6) is -0.977. The van der Waals surface area contributed by atoms with E-state index in [9.17, 15) is 14.7 Å². The normalized spacial score (nSPS) is 30.4. The third-order valence-electron chi connectivity index (χ3n) is 4.51. The monoisotopic (exact) mass is 270 g/mol. The minimum Gasteiger partial charge on any atom is -0.480 e. The van der Waals surface area contributed by atoms with Gasteiger partial charge in [-0.1, -0.05) is 20.3 Å². The second-order valence-electron chi connectivity index (χ2n) is 5.88. The Kier molecular flexibility index (Phi) is 5.35. The molecule has 0 aromatic rings. The van der Waals surface area contributed by atoms with E-state index in [1.807, 2.05) is 0 Å². The van der Waals surface area contributed by atoms with Crippen molar-refractivity contribution in [1.29, 1.82) is 0 Å². The molecule has 1 saturated carbocycles. The number of nitrogens with two attached hydrogens (primary N) is 1. The van der Waals surface area contributed by atoms with Crippen molar-refractivity contribution in [3.8, 4) is 0 Å². The van der Waals surface area contributed by atoms with Crippen molar-refractivity contribution in [2.45, 2.75) is 64.5 Å². The van der Waals surface area contributed by atoms with Crippen LogP contribution in [0.1, 0.15) is 52.9 Å². The average Bonchev–Trinajstić information content (AvgIpc) is 2.38. The molecule has 1 aliphatic carbocycles. The average molecular weight is 270 g/mol. The fourth-order valence-electron chi connectivity index (χ4n) is 2.56. The van der Waals surface area contributed by atoms with Crippen LogP contribution in [0.2, 0.25) is 0 Å². The van der Waals surface area contributed by atoms with E-state index in [1.54, 1.807) is 13.8 Å². The highest BCUT2D eigenvalue weighted by molar-refractivity contribution is 5.88. The van der Waals surface area contributed by atoms with Gasteiger partial charge in [-0.15, -0.1) is 0 Å². The summed E-state index contributed by atoms with van der Waals surface area (Å²) >= 11 is 0. The number of hydrogen-bond donors (Lipinski definition) is 3. The molecule has 1 amide bonds. The highest BCUT2D eigenvalue weighted by Gasteiger charge is 2.43. The lowest BCUT2D eigenvalue weighted by Crippen LogP contribution is -2.58. The van der Waals surface area contributed by atoms with Crippen LogP contribution in [-0.4, -0.2) is 28.6 Å². The summed E-state index contributed by atoms with van der Waals surface area (Å²) in [7, 11) is 0. The third-order valence-corrected chi connectivity index (χ3v) is 4.51. The summed E-state index contributed by atoms with van der Waals surface area (Å²) in [5.41, 5.74) is 4.61. The smallest absolute Gasteiger partial charge is 0.329 e. The minimum absolute atomic E-state index is 0.257. The zero-order valence-corrected chi connectivity index (χ0v) is 12.1. The van der Waals surface area contributed by atoms with Crippen LogP contribution >= 0.6 is 0 Å². The summed E-state index contributed by atoms with van der Waals surface area (Å²) < 4.78 is 0. The van der Waals surface area contributed by atoms with Gasteiger partial charge in [-0.2, -0.15) is 0 Å². The third kappa shape index (κ3) is 3.69. The van der Waals surface area contributed by atoms with Crippen molar-refractivity contribution in [1.82, 2.24) is 5.32 Å². The highest BCUT2D eigenvalue weighted by atomic mass is 16.4. The van der Waals surface area contributed by atoms with Crippen molar-refractivity contribution in [3.05, 3.63) is 0 Å². The van der Waals surface area contributed by atoms with Gasteiger partial charge in [0.1, 0.15) is 5.54 Å². The predicted molar refractivity (Wildman–Crippen MR) is 73.6 cm³/mol. The van der Waals surface area contributed by atoms with Gasteiger partial charge < -0.3 is 16.2 Å². The van der Waals surface area contributed by atoms with Crippen molar-refractivity contribution in [3.63, 3.8) is 0 Å². The summed E-state index contributed by atoms with van der Waals surface area (Å²) in [5, 5.41) is 12.2. The van der Waals surface area contributed by atoms with Crippen molar-refractivity contribution >= 4 is 11.9 Å². The predicted octanol–water partition coefficient (Wildman–Crippen LogP) is 1.51. The Morgan fingerprint density at radius 3 is 2.26 bits per heavy atom. The lowest BCUT2D eigenvalue weighted by molar-refractivity contribution is -0.150. The molecule has 2 atom stereocenters. The molecule has 5 nitrogen and oxygen atoms in total. The lowest BCUT2D eigenvalue weighted by Gasteiger charge is -2.38. The van der Waals surface area contributed by atoms with Gasteiger partial charge in [0.25, 0.3) is 0 Å². The van der Waals surface area contributed by atoms with Gasteiger partial charge in [0.15, 0.2) is 0 Å². The fourth-order valence-corrected chi connectivity index (χ4v) is 2.56. The molecule has 0 spiro atoms. The van der Waals surface area contributed by atoms with E-state index in [2.05, 4.69) is 12.2 Å². The van der Waals surface area contributed by atoms with Gasteiger partial charge in [0.2, 0.25) is 5.91 Å². The molecule has 4 N–H and O–H groups in total.